The van der Waals surface area contributed by atoms with E-state index < -0.39 is 11.7 Å². The van der Waals surface area contributed by atoms with Crippen LogP contribution in [-0.2, 0) is 9.59 Å². The first-order chi connectivity index (χ1) is 9.29. The Morgan fingerprint density at radius 3 is 2.60 bits per heavy atom. The third-order valence-corrected chi connectivity index (χ3v) is 3.16. The normalized spacial score (nSPS) is 19.3. The van der Waals surface area contributed by atoms with Crippen molar-refractivity contribution in [3.05, 3.63) is 30.1 Å². The number of para-hydroxylation sites is 1. The topological polar surface area (TPSA) is 49.4 Å². The van der Waals surface area contributed by atoms with Gasteiger partial charge in [-0.1, -0.05) is 12.1 Å². The fourth-order valence-corrected chi connectivity index (χ4v) is 2.29. The lowest BCUT2D eigenvalue weighted by Gasteiger charge is -2.23. The summed E-state index contributed by atoms with van der Waals surface area (Å²) in [5, 5.41) is 2.80. The van der Waals surface area contributed by atoms with Gasteiger partial charge < -0.3 is 10.2 Å². The standard InChI is InChI=1S/C15H19FN2O2/c1-15(2,3)17-13(19)10-8-9-18(14(10)20)12-7-5-4-6-11(12)16/h4-7,10H,8-9H2,1-3H3,(H,17,19). The average molecular weight is 278 g/mol. The molecular formula is C15H19FN2O2. The summed E-state index contributed by atoms with van der Waals surface area (Å²) < 4.78 is 13.7. The summed E-state index contributed by atoms with van der Waals surface area (Å²) in [6.07, 6.45) is 0.412. The summed E-state index contributed by atoms with van der Waals surface area (Å²) in [6.45, 7) is 5.94. The van der Waals surface area contributed by atoms with Crippen molar-refractivity contribution in [2.24, 2.45) is 5.92 Å². The smallest absolute Gasteiger partial charge is 0.239 e. The van der Waals surface area contributed by atoms with E-state index in [-0.39, 0.29) is 23.0 Å². The van der Waals surface area contributed by atoms with Crippen molar-refractivity contribution < 1.29 is 14.0 Å². The summed E-state index contributed by atoms with van der Waals surface area (Å²) in [4.78, 5) is 25.7. The Kier molecular flexibility index (Phi) is 3.79. The lowest BCUT2D eigenvalue weighted by atomic mass is 10.0. The van der Waals surface area contributed by atoms with Gasteiger partial charge >= 0.3 is 0 Å². The predicted octanol–water partition coefficient (Wildman–Crippen LogP) is 2.09. The number of halogens is 1. The van der Waals surface area contributed by atoms with Crippen molar-refractivity contribution in [1.29, 1.82) is 0 Å². The molecule has 1 N–H and O–H groups in total. The van der Waals surface area contributed by atoms with Crippen LogP contribution in [0.2, 0.25) is 0 Å². The van der Waals surface area contributed by atoms with Gasteiger partial charge in [-0.25, -0.2) is 4.39 Å². The van der Waals surface area contributed by atoms with Crippen LogP contribution in [0.25, 0.3) is 0 Å². The summed E-state index contributed by atoms with van der Waals surface area (Å²) in [7, 11) is 0. The van der Waals surface area contributed by atoms with E-state index in [1.54, 1.807) is 18.2 Å². The Bertz CT molecular complexity index is 537. The van der Waals surface area contributed by atoms with Crippen LogP contribution in [0.4, 0.5) is 10.1 Å². The molecule has 1 atom stereocenters. The Balaban J connectivity index is 2.14. The lowest BCUT2D eigenvalue weighted by Crippen LogP contribution is -2.46. The maximum Gasteiger partial charge on any atom is 0.239 e. The highest BCUT2D eigenvalue weighted by atomic mass is 19.1. The molecule has 2 amide bonds. The van der Waals surface area contributed by atoms with E-state index in [0.29, 0.717) is 13.0 Å². The van der Waals surface area contributed by atoms with E-state index in [2.05, 4.69) is 5.32 Å². The molecule has 0 aromatic heterocycles. The van der Waals surface area contributed by atoms with Crippen LogP contribution in [0.1, 0.15) is 27.2 Å². The average Bonchev–Trinajstić information content (AvgIpc) is 2.69. The Labute approximate surface area is 118 Å². The van der Waals surface area contributed by atoms with Crippen molar-refractivity contribution in [3.63, 3.8) is 0 Å². The number of rotatable bonds is 2. The van der Waals surface area contributed by atoms with Crippen molar-refractivity contribution in [2.75, 3.05) is 11.4 Å². The molecule has 20 heavy (non-hydrogen) atoms. The van der Waals surface area contributed by atoms with Crippen molar-refractivity contribution in [3.8, 4) is 0 Å². The van der Waals surface area contributed by atoms with Gasteiger partial charge in [-0.2, -0.15) is 0 Å². The molecular weight excluding hydrogens is 259 g/mol. The number of nitrogens with one attached hydrogen (secondary N) is 1. The second-order valence-corrected chi connectivity index (χ2v) is 6.02. The van der Waals surface area contributed by atoms with Crippen LogP contribution >= 0.6 is 0 Å². The molecule has 0 bridgehead atoms. The van der Waals surface area contributed by atoms with Gasteiger partial charge in [-0.05, 0) is 39.3 Å². The van der Waals surface area contributed by atoms with E-state index in [0.717, 1.165) is 0 Å². The van der Waals surface area contributed by atoms with Gasteiger partial charge in [0, 0.05) is 12.1 Å². The third-order valence-electron chi connectivity index (χ3n) is 3.16. The zero-order valence-electron chi connectivity index (χ0n) is 11.9. The van der Waals surface area contributed by atoms with Crippen LogP contribution in [0.15, 0.2) is 24.3 Å². The van der Waals surface area contributed by atoms with Crippen molar-refractivity contribution in [2.45, 2.75) is 32.7 Å². The fraction of sp³-hybridized carbons (Fsp3) is 0.467. The van der Waals surface area contributed by atoms with E-state index in [1.807, 2.05) is 20.8 Å². The van der Waals surface area contributed by atoms with Gasteiger partial charge in [0.25, 0.3) is 0 Å². The number of benzene rings is 1. The minimum Gasteiger partial charge on any atom is -0.351 e. The second kappa shape index (κ2) is 5.23. The molecule has 1 aromatic carbocycles. The molecule has 1 aliphatic rings. The summed E-state index contributed by atoms with van der Waals surface area (Å²) in [6, 6.07) is 6.11. The van der Waals surface area contributed by atoms with Crippen LogP contribution in [-0.4, -0.2) is 23.9 Å². The van der Waals surface area contributed by atoms with Crippen molar-refractivity contribution >= 4 is 17.5 Å². The minimum atomic E-state index is -0.728. The van der Waals surface area contributed by atoms with E-state index in [1.165, 1.54) is 11.0 Å². The van der Waals surface area contributed by atoms with Gasteiger partial charge in [0.1, 0.15) is 11.7 Å². The zero-order chi connectivity index (χ0) is 14.9. The molecule has 1 heterocycles. The molecule has 0 aliphatic carbocycles. The molecule has 4 nitrogen and oxygen atoms in total. The van der Waals surface area contributed by atoms with Gasteiger partial charge in [0.2, 0.25) is 11.8 Å². The van der Waals surface area contributed by atoms with E-state index in [9.17, 15) is 14.0 Å². The lowest BCUT2D eigenvalue weighted by molar-refractivity contribution is -0.133. The predicted molar refractivity (Wildman–Crippen MR) is 74.8 cm³/mol. The highest BCUT2D eigenvalue weighted by Crippen LogP contribution is 2.27. The number of nitrogens with zero attached hydrogens (tertiary/aromatic N) is 1. The van der Waals surface area contributed by atoms with Crippen LogP contribution in [0.5, 0.6) is 0 Å². The van der Waals surface area contributed by atoms with Gasteiger partial charge in [-0.3, -0.25) is 9.59 Å². The number of carbonyl (C=O) groups excluding carboxylic acids is 2. The van der Waals surface area contributed by atoms with E-state index in [4.69, 9.17) is 0 Å². The summed E-state index contributed by atoms with van der Waals surface area (Å²) >= 11 is 0. The fourth-order valence-electron chi connectivity index (χ4n) is 2.29. The molecule has 108 valence electrons. The van der Waals surface area contributed by atoms with Crippen molar-refractivity contribution in [1.82, 2.24) is 5.32 Å². The number of carbonyl (C=O) groups is 2. The summed E-state index contributed by atoms with van der Waals surface area (Å²) in [5.74, 6) is -1.80. The molecule has 1 fully saturated rings. The Morgan fingerprint density at radius 1 is 1.35 bits per heavy atom. The number of anilines is 1. The third kappa shape index (κ3) is 2.98. The first-order valence-corrected chi connectivity index (χ1v) is 6.67. The van der Waals surface area contributed by atoms with Crippen LogP contribution < -0.4 is 10.2 Å². The molecule has 1 unspecified atom stereocenters. The minimum absolute atomic E-state index is 0.239. The highest BCUT2D eigenvalue weighted by molar-refractivity contribution is 6.09. The van der Waals surface area contributed by atoms with Crippen LogP contribution in [0.3, 0.4) is 0 Å². The largest absolute Gasteiger partial charge is 0.351 e. The molecule has 0 spiro atoms. The highest BCUT2D eigenvalue weighted by Gasteiger charge is 2.39. The molecule has 1 aromatic rings. The van der Waals surface area contributed by atoms with Gasteiger partial charge in [0.05, 0.1) is 5.69 Å². The van der Waals surface area contributed by atoms with Gasteiger partial charge in [-0.15, -0.1) is 0 Å². The van der Waals surface area contributed by atoms with E-state index >= 15 is 0 Å². The molecule has 1 saturated heterocycles. The number of amides is 2. The molecule has 5 heteroatoms. The van der Waals surface area contributed by atoms with Crippen LogP contribution in [0, 0.1) is 11.7 Å². The quantitative estimate of drug-likeness (QED) is 0.842. The first-order valence-electron chi connectivity index (χ1n) is 6.67. The number of hydrogen-bond acceptors (Lipinski definition) is 2. The number of hydrogen-bond donors (Lipinski definition) is 1. The monoisotopic (exact) mass is 278 g/mol. The first kappa shape index (κ1) is 14.5. The summed E-state index contributed by atoms with van der Waals surface area (Å²) in [5.41, 5.74) is -0.147. The molecule has 1 aliphatic heterocycles. The maximum atomic E-state index is 13.7. The molecule has 0 radical (unpaired) electrons. The maximum absolute atomic E-state index is 13.7. The Morgan fingerprint density at radius 2 is 2.00 bits per heavy atom. The Hall–Kier alpha value is -1.91. The molecule has 0 saturated carbocycles. The molecule has 2 rings (SSSR count). The SMILES string of the molecule is CC(C)(C)NC(=O)C1CCN(c2ccccc2F)C1=O. The zero-order valence-corrected chi connectivity index (χ0v) is 11.9. The second-order valence-electron chi connectivity index (χ2n) is 6.02. The van der Waals surface area contributed by atoms with Gasteiger partial charge in [0.15, 0.2) is 0 Å².